The first kappa shape index (κ1) is 19.5. The Balaban J connectivity index is 1.72. The standard InChI is InChI=1S/C22H20ClN5S/c1-26(15-17-5-3-2-4-6-17)16-27-22(29)28(20-9-7-19(23)8-10-20)21(25-27)18-11-13-24-14-12-18/h2-14H,15-16H2,1H3. The van der Waals surface area contributed by atoms with Gasteiger partial charge in [-0.2, -0.15) is 0 Å². The smallest absolute Gasteiger partial charge is 0.204 e. The molecule has 0 aliphatic rings. The maximum Gasteiger partial charge on any atom is 0.204 e. The van der Waals surface area contributed by atoms with Crippen molar-refractivity contribution in [1.82, 2.24) is 24.2 Å². The van der Waals surface area contributed by atoms with Crippen molar-refractivity contribution in [3.8, 4) is 17.1 Å². The van der Waals surface area contributed by atoms with Gasteiger partial charge in [0.2, 0.25) is 4.77 Å². The molecule has 4 aromatic rings. The maximum absolute atomic E-state index is 6.08. The van der Waals surface area contributed by atoms with E-state index in [-0.39, 0.29) is 0 Å². The van der Waals surface area contributed by atoms with Crippen LogP contribution in [0.5, 0.6) is 0 Å². The lowest BCUT2D eigenvalue weighted by molar-refractivity contribution is 0.244. The summed E-state index contributed by atoms with van der Waals surface area (Å²) in [6.07, 6.45) is 3.51. The number of benzene rings is 2. The molecule has 0 atom stereocenters. The van der Waals surface area contributed by atoms with Crippen molar-refractivity contribution < 1.29 is 0 Å². The normalized spacial score (nSPS) is 11.1. The average molecular weight is 422 g/mol. The highest BCUT2D eigenvalue weighted by Crippen LogP contribution is 2.23. The monoisotopic (exact) mass is 421 g/mol. The Morgan fingerprint density at radius 2 is 1.66 bits per heavy atom. The Kier molecular flexibility index (Phi) is 5.85. The first-order valence-corrected chi connectivity index (χ1v) is 9.99. The van der Waals surface area contributed by atoms with Crippen molar-refractivity contribution >= 4 is 23.8 Å². The van der Waals surface area contributed by atoms with Gasteiger partial charge in [-0.15, -0.1) is 5.10 Å². The van der Waals surface area contributed by atoms with E-state index < -0.39 is 0 Å². The predicted octanol–water partition coefficient (Wildman–Crippen LogP) is 5.21. The van der Waals surface area contributed by atoms with E-state index in [1.807, 2.05) is 63.8 Å². The van der Waals surface area contributed by atoms with E-state index in [4.69, 9.17) is 28.9 Å². The number of nitrogens with zero attached hydrogens (tertiary/aromatic N) is 5. The van der Waals surface area contributed by atoms with Crippen molar-refractivity contribution in [2.75, 3.05) is 7.05 Å². The van der Waals surface area contributed by atoms with Gasteiger partial charge in [-0.1, -0.05) is 41.9 Å². The molecule has 0 radical (unpaired) electrons. The van der Waals surface area contributed by atoms with Crippen LogP contribution >= 0.6 is 23.8 Å². The second-order valence-corrected chi connectivity index (χ2v) is 7.60. The largest absolute Gasteiger partial charge is 0.283 e. The fraction of sp³-hybridized carbons (Fsp3) is 0.136. The molecular formula is C22H20ClN5S. The van der Waals surface area contributed by atoms with Gasteiger partial charge in [-0.05, 0) is 61.2 Å². The number of hydrogen-bond acceptors (Lipinski definition) is 4. The van der Waals surface area contributed by atoms with Crippen LogP contribution in [0.1, 0.15) is 5.56 Å². The van der Waals surface area contributed by atoms with E-state index >= 15 is 0 Å². The average Bonchev–Trinajstić information content (AvgIpc) is 3.06. The summed E-state index contributed by atoms with van der Waals surface area (Å²) < 4.78 is 4.44. The maximum atomic E-state index is 6.08. The molecule has 0 aliphatic carbocycles. The van der Waals surface area contributed by atoms with Crippen LogP contribution in [0.3, 0.4) is 0 Å². The minimum absolute atomic E-state index is 0.576. The van der Waals surface area contributed by atoms with E-state index in [1.54, 1.807) is 12.4 Å². The highest BCUT2D eigenvalue weighted by atomic mass is 35.5. The van der Waals surface area contributed by atoms with E-state index in [0.717, 1.165) is 23.6 Å². The summed E-state index contributed by atoms with van der Waals surface area (Å²) in [6, 6.07) is 21.8. The predicted molar refractivity (Wildman–Crippen MR) is 119 cm³/mol. The molecule has 0 fully saturated rings. The number of aromatic nitrogens is 4. The van der Waals surface area contributed by atoms with Crippen molar-refractivity contribution in [3.63, 3.8) is 0 Å². The lowest BCUT2D eigenvalue weighted by atomic mass is 10.2. The van der Waals surface area contributed by atoms with Gasteiger partial charge in [0.1, 0.15) is 0 Å². The van der Waals surface area contributed by atoms with Crippen LogP contribution in [0.25, 0.3) is 17.1 Å². The summed E-state index contributed by atoms with van der Waals surface area (Å²) in [7, 11) is 2.06. The van der Waals surface area contributed by atoms with Crippen molar-refractivity contribution in [2.45, 2.75) is 13.2 Å². The van der Waals surface area contributed by atoms with E-state index in [9.17, 15) is 0 Å². The Morgan fingerprint density at radius 1 is 0.966 bits per heavy atom. The molecule has 0 aliphatic heterocycles. The topological polar surface area (TPSA) is 38.9 Å². The minimum atomic E-state index is 0.576. The van der Waals surface area contributed by atoms with Crippen LogP contribution in [-0.2, 0) is 13.2 Å². The van der Waals surface area contributed by atoms with Crippen LogP contribution in [0.2, 0.25) is 5.02 Å². The highest BCUT2D eigenvalue weighted by Gasteiger charge is 2.15. The third-order valence-corrected chi connectivity index (χ3v) is 5.18. The molecule has 0 N–H and O–H groups in total. The molecule has 2 aromatic carbocycles. The van der Waals surface area contributed by atoms with Gasteiger partial charge in [0, 0.05) is 29.5 Å². The lowest BCUT2D eigenvalue weighted by Gasteiger charge is -2.16. The quantitative estimate of drug-likeness (QED) is 0.401. The Bertz CT molecular complexity index is 1140. The Morgan fingerprint density at radius 3 is 2.34 bits per heavy atom. The molecule has 0 spiro atoms. The highest BCUT2D eigenvalue weighted by molar-refractivity contribution is 7.71. The van der Waals surface area contributed by atoms with E-state index in [1.165, 1.54) is 5.56 Å². The summed E-state index contributed by atoms with van der Waals surface area (Å²) in [6.45, 7) is 1.38. The number of pyridine rings is 1. The van der Waals surface area contributed by atoms with Crippen LogP contribution in [-0.4, -0.2) is 31.3 Å². The molecular weight excluding hydrogens is 402 g/mol. The molecule has 0 amide bonds. The summed E-state index contributed by atoms with van der Waals surface area (Å²) in [4.78, 5) is 6.30. The Labute approximate surface area is 179 Å². The summed E-state index contributed by atoms with van der Waals surface area (Å²) in [5, 5.41) is 5.51. The fourth-order valence-electron chi connectivity index (χ4n) is 3.18. The third kappa shape index (κ3) is 4.45. The van der Waals surface area contributed by atoms with Crippen molar-refractivity contribution in [2.24, 2.45) is 0 Å². The number of rotatable bonds is 6. The van der Waals surface area contributed by atoms with Gasteiger partial charge >= 0.3 is 0 Å². The Hall–Kier alpha value is -2.80. The molecule has 29 heavy (non-hydrogen) atoms. The van der Waals surface area contributed by atoms with Crippen LogP contribution in [0.15, 0.2) is 79.1 Å². The first-order valence-electron chi connectivity index (χ1n) is 9.20. The zero-order chi connectivity index (χ0) is 20.2. The van der Waals surface area contributed by atoms with Crippen molar-refractivity contribution in [3.05, 3.63) is 94.5 Å². The van der Waals surface area contributed by atoms with E-state index in [2.05, 4.69) is 29.1 Å². The molecule has 0 bridgehead atoms. The van der Waals surface area contributed by atoms with Gasteiger partial charge in [0.05, 0.1) is 12.4 Å². The molecule has 0 unspecified atom stereocenters. The van der Waals surface area contributed by atoms with Crippen LogP contribution in [0.4, 0.5) is 0 Å². The van der Waals surface area contributed by atoms with Gasteiger partial charge < -0.3 is 0 Å². The zero-order valence-electron chi connectivity index (χ0n) is 15.9. The molecule has 0 saturated carbocycles. The van der Waals surface area contributed by atoms with Gasteiger partial charge in [-0.25, -0.2) is 4.68 Å². The molecule has 146 valence electrons. The first-order chi connectivity index (χ1) is 14.1. The minimum Gasteiger partial charge on any atom is -0.283 e. The summed E-state index contributed by atoms with van der Waals surface area (Å²) >= 11 is 11.9. The van der Waals surface area contributed by atoms with Crippen molar-refractivity contribution in [1.29, 1.82) is 0 Å². The van der Waals surface area contributed by atoms with Gasteiger partial charge in [0.25, 0.3) is 0 Å². The second-order valence-electron chi connectivity index (χ2n) is 6.79. The molecule has 7 heteroatoms. The lowest BCUT2D eigenvalue weighted by Crippen LogP contribution is -2.22. The molecule has 2 heterocycles. The van der Waals surface area contributed by atoms with Gasteiger partial charge in [-0.3, -0.25) is 14.5 Å². The van der Waals surface area contributed by atoms with E-state index in [0.29, 0.717) is 16.5 Å². The SMILES string of the molecule is CN(Cc1ccccc1)Cn1nc(-c2ccncc2)n(-c2ccc(Cl)cc2)c1=S. The molecule has 4 rings (SSSR count). The fourth-order valence-corrected chi connectivity index (χ4v) is 3.60. The zero-order valence-corrected chi connectivity index (χ0v) is 17.5. The summed E-state index contributed by atoms with van der Waals surface area (Å²) in [5.41, 5.74) is 3.11. The molecule has 5 nitrogen and oxygen atoms in total. The second kappa shape index (κ2) is 8.69. The number of hydrogen-bond donors (Lipinski definition) is 0. The van der Waals surface area contributed by atoms with Crippen LogP contribution < -0.4 is 0 Å². The molecule has 0 saturated heterocycles. The van der Waals surface area contributed by atoms with Gasteiger partial charge in [0.15, 0.2) is 5.82 Å². The molecule has 2 aromatic heterocycles. The summed E-state index contributed by atoms with van der Waals surface area (Å²) in [5.74, 6) is 0.771. The number of halogens is 1. The van der Waals surface area contributed by atoms with Crippen LogP contribution in [0, 0.1) is 4.77 Å². The third-order valence-electron chi connectivity index (χ3n) is 4.53.